The number of halogens is 2. The Balaban J connectivity index is 2.51. The number of rotatable bonds is 1. The van der Waals surface area contributed by atoms with Crippen LogP contribution in [0.1, 0.15) is 5.76 Å². The second-order valence-corrected chi connectivity index (χ2v) is 5.96. The Morgan fingerprint density at radius 3 is 2.57 bits per heavy atom. The quantitative estimate of drug-likeness (QED) is 0.799. The summed E-state index contributed by atoms with van der Waals surface area (Å²) in [4.78, 5) is 3.65. The first kappa shape index (κ1) is 9.95. The van der Waals surface area contributed by atoms with Gasteiger partial charge >= 0.3 is 0 Å². The summed E-state index contributed by atoms with van der Waals surface area (Å²) < 4.78 is 28.0. The lowest BCUT2D eigenvalue weighted by Gasteiger charge is -1.96. The molecule has 0 atom stereocenters. The summed E-state index contributed by atoms with van der Waals surface area (Å²) in [5, 5.41) is 0.138. The van der Waals surface area contributed by atoms with E-state index in [0.717, 1.165) is 0 Å². The Hall–Kier alpha value is -0.590. The van der Waals surface area contributed by atoms with Crippen LogP contribution >= 0.6 is 27.5 Å². The van der Waals surface area contributed by atoms with Crippen LogP contribution in [0.15, 0.2) is 27.7 Å². The third-order valence-electron chi connectivity index (χ3n) is 1.61. The largest absolute Gasteiger partial charge is 0.444 e. The molecule has 2 heterocycles. The van der Waals surface area contributed by atoms with E-state index in [0.29, 0.717) is 0 Å². The highest BCUT2D eigenvalue weighted by Crippen LogP contribution is 2.31. The van der Waals surface area contributed by atoms with Crippen molar-refractivity contribution in [2.45, 2.75) is 0 Å². The molecular formula is C7H3BrClNO3S. The van der Waals surface area contributed by atoms with Crippen LogP contribution in [0.2, 0.25) is 5.22 Å². The van der Waals surface area contributed by atoms with Gasteiger partial charge in [0.15, 0.2) is 5.22 Å². The average Bonchev–Trinajstić information content (AvgIpc) is 2.60. The van der Waals surface area contributed by atoms with Crippen molar-refractivity contribution in [1.29, 1.82) is 0 Å². The first-order valence-electron chi connectivity index (χ1n) is 3.46. The standard InChI is InChI=1S/C7H3BrClNO3S/c8-7-10-3-5(14(7,11)12)4-1-2-6(9)13-4/h1-3H. The van der Waals surface area contributed by atoms with E-state index >= 15 is 0 Å². The number of aliphatic imine (C=N–C) groups is 1. The molecule has 0 aromatic carbocycles. The van der Waals surface area contributed by atoms with Gasteiger partial charge in [-0.05, 0) is 39.7 Å². The molecule has 0 saturated heterocycles. The zero-order valence-corrected chi connectivity index (χ0v) is 9.73. The predicted octanol–water partition coefficient (Wildman–Crippen LogP) is 2.41. The number of nitrogens with zero attached hydrogens (tertiary/aromatic N) is 1. The first-order valence-corrected chi connectivity index (χ1v) is 6.11. The monoisotopic (exact) mass is 295 g/mol. The number of hydrogen-bond donors (Lipinski definition) is 0. The fourth-order valence-corrected chi connectivity index (χ4v) is 2.69. The maximum absolute atomic E-state index is 11.6. The molecule has 0 unspecified atom stereocenters. The lowest BCUT2D eigenvalue weighted by molar-refractivity contribution is 0.555. The van der Waals surface area contributed by atoms with Crippen molar-refractivity contribution >= 4 is 46.2 Å². The van der Waals surface area contributed by atoms with Crippen LogP contribution in [0.3, 0.4) is 0 Å². The molecule has 0 radical (unpaired) electrons. The highest BCUT2D eigenvalue weighted by atomic mass is 79.9. The van der Waals surface area contributed by atoms with Gasteiger partial charge in [-0.3, -0.25) is 0 Å². The molecule has 4 nitrogen and oxygen atoms in total. The van der Waals surface area contributed by atoms with Gasteiger partial charge in [0.25, 0.3) is 0 Å². The molecule has 0 bridgehead atoms. The van der Waals surface area contributed by atoms with Crippen molar-refractivity contribution in [3.63, 3.8) is 0 Å². The van der Waals surface area contributed by atoms with E-state index < -0.39 is 9.84 Å². The summed E-state index contributed by atoms with van der Waals surface area (Å²) >= 11 is 8.37. The number of furan rings is 1. The molecule has 0 amide bonds. The molecule has 74 valence electrons. The molecule has 1 aromatic rings. The summed E-state index contributed by atoms with van der Waals surface area (Å²) in [5.41, 5.74) is 0. The fourth-order valence-electron chi connectivity index (χ4n) is 0.982. The Morgan fingerprint density at radius 2 is 2.14 bits per heavy atom. The smallest absolute Gasteiger partial charge is 0.235 e. The molecule has 1 aliphatic heterocycles. The summed E-state index contributed by atoms with van der Waals surface area (Å²) in [5.74, 6) is 0.188. The Labute approximate surface area is 93.3 Å². The maximum Gasteiger partial charge on any atom is 0.235 e. The van der Waals surface area contributed by atoms with Crippen molar-refractivity contribution < 1.29 is 12.8 Å². The summed E-state index contributed by atoms with van der Waals surface area (Å²) in [6, 6.07) is 2.95. The minimum Gasteiger partial charge on any atom is -0.444 e. The molecule has 0 fully saturated rings. The molecule has 2 rings (SSSR count). The molecule has 7 heteroatoms. The summed E-state index contributed by atoms with van der Waals surface area (Å²) in [7, 11) is -3.53. The minimum atomic E-state index is -3.53. The Morgan fingerprint density at radius 1 is 1.43 bits per heavy atom. The molecule has 1 aliphatic rings. The van der Waals surface area contributed by atoms with E-state index in [4.69, 9.17) is 16.0 Å². The SMILES string of the molecule is O=S1(=O)C(c2ccc(Cl)o2)=CN=C1Br. The minimum absolute atomic E-state index is 0.0104. The molecule has 1 aromatic heterocycles. The van der Waals surface area contributed by atoms with Gasteiger partial charge < -0.3 is 4.42 Å². The van der Waals surface area contributed by atoms with Gasteiger partial charge in [0.1, 0.15) is 10.7 Å². The van der Waals surface area contributed by atoms with Crippen LogP contribution in [-0.2, 0) is 9.84 Å². The molecular weight excluding hydrogens is 294 g/mol. The lowest BCUT2D eigenvalue weighted by Crippen LogP contribution is -2.05. The van der Waals surface area contributed by atoms with Crippen LogP contribution in [-0.4, -0.2) is 12.4 Å². The third-order valence-corrected chi connectivity index (χ3v) is 4.73. The molecule has 14 heavy (non-hydrogen) atoms. The van der Waals surface area contributed by atoms with Crippen LogP contribution in [0.5, 0.6) is 0 Å². The maximum atomic E-state index is 11.6. The zero-order chi connectivity index (χ0) is 10.3. The lowest BCUT2D eigenvalue weighted by atomic mass is 10.4. The normalized spacial score (nSPS) is 19.3. The van der Waals surface area contributed by atoms with Crippen LogP contribution in [0.25, 0.3) is 4.91 Å². The van der Waals surface area contributed by atoms with Crippen LogP contribution < -0.4 is 0 Å². The third kappa shape index (κ3) is 1.43. The number of sulfone groups is 1. The van der Waals surface area contributed by atoms with E-state index in [1.807, 2.05) is 0 Å². The van der Waals surface area contributed by atoms with E-state index in [9.17, 15) is 8.42 Å². The second-order valence-electron chi connectivity index (χ2n) is 2.48. The first-order chi connectivity index (χ1) is 6.51. The van der Waals surface area contributed by atoms with E-state index in [1.54, 1.807) is 0 Å². The average molecular weight is 297 g/mol. The van der Waals surface area contributed by atoms with Crippen LogP contribution in [0, 0.1) is 0 Å². The van der Waals surface area contributed by atoms with Crippen molar-refractivity contribution in [1.82, 2.24) is 0 Å². The highest BCUT2D eigenvalue weighted by Gasteiger charge is 2.30. The number of hydrogen-bond acceptors (Lipinski definition) is 4. The van der Waals surface area contributed by atoms with Gasteiger partial charge in [0.05, 0.1) is 6.20 Å². The van der Waals surface area contributed by atoms with Gasteiger partial charge in [0, 0.05) is 0 Å². The molecule has 0 spiro atoms. The van der Waals surface area contributed by atoms with E-state index in [2.05, 4.69) is 20.9 Å². The highest BCUT2D eigenvalue weighted by molar-refractivity contribution is 9.22. The van der Waals surface area contributed by atoms with E-state index in [-0.39, 0.29) is 19.8 Å². The van der Waals surface area contributed by atoms with E-state index in [1.165, 1.54) is 18.3 Å². The van der Waals surface area contributed by atoms with Gasteiger partial charge in [-0.25, -0.2) is 13.4 Å². The van der Waals surface area contributed by atoms with Gasteiger partial charge in [-0.1, -0.05) is 0 Å². The molecule has 0 saturated carbocycles. The molecule has 0 aliphatic carbocycles. The van der Waals surface area contributed by atoms with Gasteiger partial charge in [-0.15, -0.1) is 0 Å². The fraction of sp³-hybridized carbons (Fsp3) is 0. The predicted molar refractivity (Wildman–Crippen MR) is 57.0 cm³/mol. The Bertz CT molecular complexity index is 543. The summed E-state index contributed by atoms with van der Waals surface area (Å²) in [6.45, 7) is 0. The molecule has 0 N–H and O–H groups in total. The topological polar surface area (TPSA) is 59.6 Å². The van der Waals surface area contributed by atoms with Crippen molar-refractivity contribution in [2.75, 3.05) is 0 Å². The van der Waals surface area contributed by atoms with Crippen molar-refractivity contribution in [3.8, 4) is 0 Å². The second kappa shape index (κ2) is 3.22. The Kier molecular flexibility index (Phi) is 2.29. The van der Waals surface area contributed by atoms with Crippen LogP contribution in [0.4, 0.5) is 0 Å². The van der Waals surface area contributed by atoms with Gasteiger partial charge in [0.2, 0.25) is 13.8 Å². The van der Waals surface area contributed by atoms with Gasteiger partial charge in [-0.2, -0.15) is 0 Å². The zero-order valence-electron chi connectivity index (χ0n) is 6.57. The van der Waals surface area contributed by atoms with Crippen molar-refractivity contribution in [2.24, 2.45) is 4.99 Å². The van der Waals surface area contributed by atoms with Crippen molar-refractivity contribution in [3.05, 3.63) is 29.3 Å². The summed E-state index contributed by atoms with van der Waals surface area (Å²) in [6.07, 6.45) is 1.22.